The van der Waals surface area contributed by atoms with Gasteiger partial charge < -0.3 is 20.7 Å². The number of nitrogens with two attached hydrogens (primary N) is 1. The van der Waals surface area contributed by atoms with Gasteiger partial charge in [0.1, 0.15) is 18.7 Å². The summed E-state index contributed by atoms with van der Waals surface area (Å²) >= 11 is 0. The molecule has 3 aromatic rings. The van der Waals surface area contributed by atoms with E-state index in [1.54, 1.807) is 29.2 Å². The maximum atomic E-state index is 13.6. The average molecular weight is 470 g/mol. The molecule has 3 N–H and O–H groups in total. The van der Waals surface area contributed by atoms with Crippen molar-refractivity contribution >= 4 is 23.3 Å². The van der Waals surface area contributed by atoms with Crippen molar-refractivity contribution in [1.29, 1.82) is 0 Å². The maximum absolute atomic E-state index is 13.6. The summed E-state index contributed by atoms with van der Waals surface area (Å²) in [6, 6.07) is 23.0. The van der Waals surface area contributed by atoms with E-state index in [0.29, 0.717) is 24.2 Å². The number of amides is 2. The molecule has 3 aromatic carbocycles. The molecule has 3 atom stereocenters. The standard InChI is InChI=1S/C28H27N3O4/c29-22-12-6-18(7-13-22)16-23(28(34)31-15-14-25-26(31)24(32)17-35-25)30-27(33)21-10-8-20(9-11-21)19-4-2-1-3-5-19/h1-13,23,25-26H,14-17,29H2,(H,30,33). The third kappa shape index (κ3) is 4.81. The Morgan fingerprint density at radius 2 is 1.66 bits per heavy atom. The summed E-state index contributed by atoms with van der Waals surface area (Å²) in [6.45, 7) is 0.460. The van der Waals surface area contributed by atoms with Crippen LogP contribution >= 0.6 is 0 Å². The molecule has 0 aromatic heterocycles. The lowest BCUT2D eigenvalue weighted by Gasteiger charge is -2.27. The number of Topliss-reactive ketones (excluding diaryl/α,β-unsaturated/α-hetero) is 1. The Morgan fingerprint density at radius 1 is 0.971 bits per heavy atom. The largest absolute Gasteiger partial charge is 0.399 e. The number of nitrogens with one attached hydrogen (secondary N) is 1. The summed E-state index contributed by atoms with van der Waals surface area (Å²) in [6.07, 6.45) is 0.645. The number of nitrogen functional groups attached to an aromatic ring is 1. The van der Waals surface area contributed by atoms with Crippen LogP contribution in [-0.4, -0.2) is 53.8 Å². The molecule has 7 heteroatoms. The van der Waals surface area contributed by atoms with Crippen LogP contribution in [0.15, 0.2) is 78.9 Å². The van der Waals surface area contributed by atoms with Crippen molar-refractivity contribution in [2.24, 2.45) is 0 Å². The van der Waals surface area contributed by atoms with Crippen LogP contribution in [-0.2, 0) is 20.7 Å². The number of hydrogen-bond donors (Lipinski definition) is 2. The zero-order valence-electron chi connectivity index (χ0n) is 19.2. The highest BCUT2D eigenvalue weighted by Gasteiger charge is 2.48. The van der Waals surface area contributed by atoms with E-state index >= 15 is 0 Å². The number of ether oxygens (including phenoxy) is 1. The minimum absolute atomic E-state index is 0.0296. The number of carbonyl (C=O) groups is 3. The lowest BCUT2D eigenvalue weighted by Crippen LogP contribution is -2.53. The molecule has 0 bridgehead atoms. The molecule has 3 unspecified atom stereocenters. The van der Waals surface area contributed by atoms with Gasteiger partial charge in [-0.15, -0.1) is 0 Å². The molecule has 2 aliphatic heterocycles. The van der Waals surface area contributed by atoms with E-state index in [1.165, 1.54) is 0 Å². The number of hydrogen-bond acceptors (Lipinski definition) is 5. The van der Waals surface area contributed by atoms with Crippen molar-refractivity contribution in [3.05, 3.63) is 90.0 Å². The van der Waals surface area contributed by atoms with Gasteiger partial charge in [0, 0.05) is 24.2 Å². The number of carbonyl (C=O) groups excluding carboxylic acids is 3. The summed E-state index contributed by atoms with van der Waals surface area (Å²) < 4.78 is 5.53. The zero-order valence-corrected chi connectivity index (χ0v) is 19.2. The Labute approximate surface area is 203 Å². The summed E-state index contributed by atoms with van der Waals surface area (Å²) in [4.78, 5) is 40.7. The number of ketones is 1. The topological polar surface area (TPSA) is 102 Å². The lowest BCUT2D eigenvalue weighted by molar-refractivity contribution is -0.138. The van der Waals surface area contributed by atoms with Crippen LogP contribution in [0.3, 0.4) is 0 Å². The molecule has 0 spiro atoms. The van der Waals surface area contributed by atoms with Gasteiger partial charge in [-0.1, -0.05) is 54.6 Å². The fourth-order valence-electron chi connectivity index (χ4n) is 4.82. The molecule has 2 aliphatic rings. The van der Waals surface area contributed by atoms with E-state index in [0.717, 1.165) is 16.7 Å². The molecule has 0 aliphatic carbocycles. The first-order valence-corrected chi connectivity index (χ1v) is 11.7. The van der Waals surface area contributed by atoms with Gasteiger partial charge in [-0.2, -0.15) is 0 Å². The van der Waals surface area contributed by atoms with E-state index < -0.39 is 12.1 Å². The number of fused-ring (bicyclic) bond motifs is 1. The van der Waals surface area contributed by atoms with Crippen molar-refractivity contribution in [2.45, 2.75) is 31.0 Å². The third-order valence-electron chi connectivity index (χ3n) is 6.67. The van der Waals surface area contributed by atoms with Crippen LogP contribution in [0.2, 0.25) is 0 Å². The van der Waals surface area contributed by atoms with Gasteiger partial charge >= 0.3 is 0 Å². The highest BCUT2D eigenvalue weighted by molar-refractivity contribution is 5.99. The highest BCUT2D eigenvalue weighted by atomic mass is 16.5. The van der Waals surface area contributed by atoms with E-state index in [1.807, 2.05) is 54.6 Å². The van der Waals surface area contributed by atoms with Crippen LogP contribution in [0.25, 0.3) is 11.1 Å². The molecule has 35 heavy (non-hydrogen) atoms. The first kappa shape index (κ1) is 22.8. The second-order valence-corrected chi connectivity index (χ2v) is 9.00. The first-order chi connectivity index (χ1) is 17.0. The molecular weight excluding hydrogens is 442 g/mol. The SMILES string of the molecule is Nc1ccc(CC(NC(=O)c2ccc(-c3ccccc3)cc2)C(=O)N2CCC3OCC(=O)C32)cc1. The van der Waals surface area contributed by atoms with Gasteiger partial charge in [-0.25, -0.2) is 0 Å². The van der Waals surface area contributed by atoms with Gasteiger partial charge in [0.25, 0.3) is 5.91 Å². The number of anilines is 1. The number of likely N-dealkylation sites (tertiary alicyclic amines) is 1. The van der Waals surface area contributed by atoms with Crippen LogP contribution in [0, 0.1) is 0 Å². The van der Waals surface area contributed by atoms with E-state index in [-0.39, 0.29) is 36.7 Å². The van der Waals surface area contributed by atoms with Crippen LogP contribution in [0.5, 0.6) is 0 Å². The molecular formula is C28H27N3O4. The van der Waals surface area contributed by atoms with E-state index in [4.69, 9.17) is 10.5 Å². The second kappa shape index (κ2) is 9.72. The average Bonchev–Trinajstić information content (AvgIpc) is 3.48. The summed E-state index contributed by atoms with van der Waals surface area (Å²) in [7, 11) is 0. The Morgan fingerprint density at radius 3 is 2.37 bits per heavy atom. The summed E-state index contributed by atoms with van der Waals surface area (Å²) in [5.41, 5.74) is 9.80. The third-order valence-corrected chi connectivity index (χ3v) is 6.67. The van der Waals surface area contributed by atoms with Gasteiger partial charge in [-0.05, 0) is 47.4 Å². The van der Waals surface area contributed by atoms with Crippen molar-refractivity contribution in [3.8, 4) is 11.1 Å². The molecule has 2 saturated heterocycles. The Hall–Kier alpha value is -3.97. The van der Waals surface area contributed by atoms with E-state index in [9.17, 15) is 14.4 Å². The van der Waals surface area contributed by atoms with Gasteiger partial charge in [0.15, 0.2) is 5.78 Å². The summed E-state index contributed by atoms with van der Waals surface area (Å²) in [5.74, 6) is -0.708. The highest BCUT2D eigenvalue weighted by Crippen LogP contribution is 2.28. The molecule has 2 amide bonds. The minimum atomic E-state index is -0.827. The van der Waals surface area contributed by atoms with Crippen LogP contribution in [0.4, 0.5) is 5.69 Å². The Balaban J connectivity index is 1.36. The van der Waals surface area contributed by atoms with Crippen LogP contribution < -0.4 is 11.1 Å². The monoisotopic (exact) mass is 469 g/mol. The predicted molar refractivity (Wildman–Crippen MR) is 133 cm³/mol. The fraction of sp³-hybridized carbons (Fsp3) is 0.250. The first-order valence-electron chi connectivity index (χ1n) is 11.7. The van der Waals surface area contributed by atoms with Crippen molar-refractivity contribution in [2.75, 3.05) is 18.9 Å². The molecule has 0 saturated carbocycles. The van der Waals surface area contributed by atoms with Crippen molar-refractivity contribution in [1.82, 2.24) is 10.2 Å². The summed E-state index contributed by atoms with van der Waals surface area (Å²) in [5, 5.41) is 2.91. The Kier molecular flexibility index (Phi) is 6.33. The smallest absolute Gasteiger partial charge is 0.251 e. The zero-order chi connectivity index (χ0) is 24.4. The second-order valence-electron chi connectivity index (χ2n) is 9.00. The van der Waals surface area contributed by atoms with Crippen LogP contribution in [0.1, 0.15) is 22.3 Å². The Bertz CT molecular complexity index is 1230. The molecule has 178 valence electrons. The number of nitrogens with zero attached hydrogens (tertiary/aromatic N) is 1. The normalized spacial score (nSPS) is 19.9. The quantitative estimate of drug-likeness (QED) is 0.541. The van der Waals surface area contributed by atoms with Crippen molar-refractivity contribution < 1.29 is 19.1 Å². The van der Waals surface area contributed by atoms with Crippen molar-refractivity contribution in [3.63, 3.8) is 0 Å². The van der Waals surface area contributed by atoms with Gasteiger partial charge in [0.2, 0.25) is 5.91 Å². The molecule has 5 rings (SSSR count). The number of benzene rings is 3. The lowest BCUT2D eigenvalue weighted by atomic mass is 10.0. The van der Waals surface area contributed by atoms with E-state index in [2.05, 4.69) is 5.32 Å². The molecule has 2 heterocycles. The minimum Gasteiger partial charge on any atom is -0.399 e. The maximum Gasteiger partial charge on any atom is 0.251 e. The van der Waals surface area contributed by atoms with Gasteiger partial charge in [0.05, 0.1) is 6.10 Å². The molecule has 7 nitrogen and oxygen atoms in total. The molecule has 2 fully saturated rings. The van der Waals surface area contributed by atoms with Gasteiger partial charge in [-0.3, -0.25) is 14.4 Å². The number of rotatable bonds is 6. The molecule has 0 radical (unpaired) electrons. The predicted octanol–water partition coefficient (Wildman–Crippen LogP) is 2.85. The fourth-order valence-corrected chi connectivity index (χ4v) is 4.82.